The molecule has 1 saturated carbocycles. The van der Waals surface area contributed by atoms with Crippen LogP contribution < -0.4 is 5.32 Å². The zero-order valence-corrected chi connectivity index (χ0v) is 9.48. The number of rotatable bonds is 4. The lowest BCUT2D eigenvalue weighted by atomic mass is 10.0. The quantitative estimate of drug-likeness (QED) is 0.842. The predicted molar refractivity (Wildman–Crippen MR) is 62.7 cm³/mol. The highest BCUT2D eigenvalue weighted by atomic mass is 16.1. The van der Waals surface area contributed by atoms with Crippen molar-refractivity contribution >= 4 is 5.91 Å². The maximum absolute atomic E-state index is 11.6. The molecule has 2 rings (SSSR count). The fourth-order valence-electron chi connectivity index (χ4n) is 2.24. The van der Waals surface area contributed by atoms with Crippen molar-refractivity contribution in [2.75, 3.05) is 0 Å². The molecule has 0 bridgehead atoms. The summed E-state index contributed by atoms with van der Waals surface area (Å²) in [7, 11) is 0. The molecule has 1 aliphatic rings. The van der Waals surface area contributed by atoms with Crippen molar-refractivity contribution in [3.05, 3.63) is 30.1 Å². The van der Waals surface area contributed by atoms with Gasteiger partial charge in [-0.05, 0) is 30.9 Å². The number of pyridine rings is 1. The third kappa shape index (κ3) is 3.33. The molecule has 1 amide bonds. The Kier molecular flexibility index (Phi) is 3.91. The lowest BCUT2D eigenvalue weighted by molar-refractivity contribution is -0.122. The standard InChI is InChI=1S/C13H18N2O/c16-13(9-11-5-1-2-6-11)15-10-12-7-3-4-8-14-12/h3-4,7-8,11H,1-2,5-6,9-10H2,(H,15,16). The van der Waals surface area contributed by atoms with Crippen molar-refractivity contribution in [3.8, 4) is 0 Å². The van der Waals surface area contributed by atoms with Crippen LogP contribution in [0.15, 0.2) is 24.4 Å². The van der Waals surface area contributed by atoms with Crippen LogP contribution in [0.2, 0.25) is 0 Å². The second-order valence-electron chi connectivity index (χ2n) is 4.45. The predicted octanol–water partition coefficient (Wildman–Crippen LogP) is 2.28. The van der Waals surface area contributed by atoms with E-state index in [1.807, 2.05) is 18.2 Å². The molecule has 3 heteroatoms. The first-order valence-corrected chi connectivity index (χ1v) is 6.01. The number of hydrogen-bond donors (Lipinski definition) is 1. The molecule has 0 saturated heterocycles. The van der Waals surface area contributed by atoms with Crippen molar-refractivity contribution in [2.45, 2.75) is 38.6 Å². The van der Waals surface area contributed by atoms with Crippen LogP contribution in [-0.4, -0.2) is 10.9 Å². The molecular weight excluding hydrogens is 200 g/mol. The minimum absolute atomic E-state index is 0.164. The van der Waals surface area contributed by atoms with Gasteiger partial charge >= 0.3 is 0 Å². The van der Waals surface area contributed by atoms with E-state index < -0.39 is 0 Å². The van der Waals surface area contributed by atoms with Crippen molar-refractivity contribution in [3.63, 3.8) is 0 Å². The maximum Gasteiger partial charge on any atom is 0.220 e. The molecule has 1 aromatic rings. The van der Waals surface area contributed by atoms with Crippen LogP contribution >= 0.6 is 0 Å². The van der Waals surface area contributed by atoms with Gasteiger partial charge in [0.05, 0.1) is 12.2 Å². The van der Waals surface area contributed by atoms with Gasteiger partial charge in [0.15, 0.2) is 0 Å². The number of nitrogens with zero attached hydrogens (tertiary/aromatic N) is 1. The third-order valence-corrected chi connectivity index (χ3v) is 3.14. The van der Waals surface area contributed by atoms with Crippen molar-refractivity contribution in [1.82, 2.24) is 10.3 Å². The van der Waals surface area contributed by atoms with E-state index >= 15 is 0 Å². The monoisotopic (exact) mass is 218 g/mol. The molecule has 1 aliphatic carbocycles. The number of carbonyl (C=O) groups is 1. The Balaban J connectivity index is 1.71. The first-order chi connectivity index (χ1) is 7.84. The van der Waals surface area contributed by atoms with Crippen molar-refractivity contribution < 1.29 is 4.79 Å². The first-order valence-electron chi connectivity index (χ1n) is 6.01. The van der Waals surface area contributed by atoms with Crippen LogP contribution in [0, 0.1) is 5.92 Å². The van der Waals surface area contributed by atoms with E-state index in [1.165, 1.54) is 25.7 Å². The van der Waals surface area contributed by atoms with Gasteiger partial charge in [-0.2, -0.15) is 0 Å². The number of nitrogens with one attached hydrogen (secondary N) is 1. The summed E-state index contributed by atoms with van der Waals surface area (Å²) in [6.07, 6.45) is 7.45. The minimum atomic E-state index is 0.164. The molecular formula is C13H18N2O. The Bertz CT molecular complexity index is 331. The smallest absolute Gasteiger partial charge is 0.220 e. The molecule has 16 heavy (non-hydrogen) atoms. The highest BCUT2D eigenvalue weighted by molar-refractivity contribution is 5.76. The van der Waals surface area contributed by atoms with E-state index in [1.54, 1.807) is 6.20 Å². The second-order valence-corrected chi connectivity index (χ2v) is 4.45. The average molecular weight is 218 g/mol. The lowest BCUT2D eigenvalue weighted by Gasteiger charge is -2.09. The van der Waals surface area contributed by atoms with E-state index in [4.69, 9.17) is 0 Å². The van der Waals surface area contributed by atoms with Gasteiger partial charge < -0.3 is 5.32 Å². The number of aromatic nitrogens is 1. The normalized spacial score (nSPS) is 16.2. The molecule has 0 radical (unpaired) electrons. The summed E-state index contributed by atoms with van der Waals surface area (Å²) in [4.78, 5) is 15.8. The molecule has 1 N–H and O–H groups in total. The summed E-state index contributed by atoms with van der Waals surface area (Å²) in [5, 5.41) is 2.92. The van der Waals surface area contributed by atoms with E-state index in [0.29, 0.717) is 18.9 Å². The Hall–Kier alpha value is -1.38. The van der Waals surface area contributed by atoms with E-state index in [0.717, 1.165) is 5.69 Å². The Morgan fingerprint density at radius 2 is 2.19 bits per heavy atom. The van der Waals surface area contributed by atoms with Gasteiger partial charge in [-0.15, -0.1) is 0 Å². The number of amides is 1. The molecule has 86 valence electrons. The van der Waals surface area contributed by atoms with Gasteiger partial charge in [-0.3, -0.25) is 9.78 Å². The molecule has 0 atom stereocenters. The number of hydrogen-bond acceptors (Lipinski definition) is 2. The second kappa shape index (κ2) is 5.64. The van der Waals surface area contributed by atoms with Crippen LogP contribution in [0.1, 0.15) is 37.8 Å². The maximum atomic E-state index is 11.6. The fraction of sp³-hybridized carbons (Fsp3) is 0.538. The van der Waals surface area contributed by atoms with Crippen LogP contribution in [0.3, 0.4) is 0 Å². The molecule has 0 aliphatic heterocycles. The van der Waals surface area contributed by atoms with Crippen LogP contribution in [0.25, 0.3) is 0 Å². The molecule has 1 aromatic heterocycles. The third-order valence-electron chi connectivity index (χ3n) is 3.14. The molecule has 0 aromatic carbocycles. The summed E-state index contributed by atoms with van der Waals surface area (Å²) in [6.45, 7) is 0.548. The van der Waals surface area contributed by atoms with Crippen LogP contribution in [0.5, 0.6) is 0 Å². The van der Waals surface area contributed by atoms with Gasteiger partial charge in [0.2, 0.25) is 5.91 Å². The summed E-state index contributed by atoms with van der Waals surface area (Å²) >= 11 is 0. The Morgan fingerprint density at radius 1 is 1.38 bits per heavy atom. The SMILES string of the molecule is O=C(CC1CCCC1)NCc1ccccn1. The molecule has 0 spiro atoms. The molecule has 0 unspecified atom stereocenters. The minimum Gasteiger partial charge on any atom is -0.350 e. The first kappa shape index (κ1) is 11.1. The van der Waals surface area contributed by atoms with Gasteiger partial charge in [0, 0.05) is 12.6 Å². The highest BCUT2D eigenvalue weighted by Crippen LogP contribution is 2.27. The Morgan fingerprint density at radius 3 is 2.88 bits per heavy atom. The fourth-order valence-corrected chi connectivity index (χ4v) is 2.24. The van der Waals surface area contributed by atoms with E-state index in [2.05, 4.69) is 10.3 Å². The van der Waals surface area contributed by atoms with Gasteiger partial charge in [-0.1, -0.05) is 18.9 Å². The van der Waals surface area contributed by atoms with Gasteiger partial charge in [0.1, 0.15) is 0 Å². The molecule has 3 nitrogen and oxygen atoms in total. The molecule has 1 heterocycles. The van der Waals surface area contributed by atoms with E-state index in [-0.39, 0.29) is 5.91 Å². The van der Waals surface area contributed by atoms with Crippen molar-refractivity contribution in [1.29, 1.82) is 0 Å². The largest absolute Gasteiger partial charge is 0.350 e. The number of carbonyl (C=O) groups excluding carboxylic acids is 1. The summed E-state index contributed by atoms with van der Waals surface area (Å²) < 4.78 is 0. The molecule has 1 fully saturated rings. The summed E-state index contributed by atoms with van der Waals surface area (Å²) in [6, 6.07) is 5.74. The van der Waals surface area contributed by atoms with Crippen LogP contribution in [0.4, 0.5) is 0 Å². The van der Waals surface area contributed by atoms with Crippen LogP contribution in [-0.2, 0) is 11.3 Å². The Labute approximate surface area is 96.3 Å². The summed E-state index contributed by atoms with van der Waals surface area (Å²) in [5.41, 5.74) is 0.919. The highest BCUT2D eigenvalue weighted by Gasteiger charge is 2.17. The van der Waals surface area contributed by atoms with Gasteiger partial charge in [-0.25, -0.2) is 0 Å². The van der Waals surface area contributed by atoms with Crippen molar-refractivity contribution in [2.24, 2.45) is 5.92 Å². The lowest BCUT2D eigenvalue weighted by Crippen LogP contribution is -2.24. The summed E-state index contributed by atoms with van der Waals surface area (Å²) in [5.74, 6) is 0.779. The zero-order valence-electron chi connectivity index (χ0n) is 9.48. The zero-order chi connectivity index (χ0) is 11.2. The topological polar surface area (TPSA) is 42.0 Å². The van der Waals surface area contributed by atoms with Gasteiger partial charge in [0.25, 0.3) is 0 Å². The van der Waals surface area contributed by atoms with E-state index in [9.17, 15) is 4.79 Å². The average Bonchev–Trinajstić information content (AvgIpc) is 2.81.